The number of carbonyl (C=O) groups is 1. The van der Waals surface area contributed by atoms with Crippen molar-refractivity contribution in [1.29, 1.82) is 0 Å². The molecule has 0 aliphatic heterocycles. The Hall–Kier alpha value is -0.610. The van der Waals surface area contributed by atoms with Crippen LogP contribution in [-0.4, -0.2) is 24.7 Å². The van der Waals surface area contributed by atoms with E-state index in [4.69, 9.17) is 5.11 Å². The van der Waals surface area contributed by atoms with Crippen molar-refractivity contribution >= 4 is 5.97 Å². The molecule has 0 aliphatic rings. The van der Waals surface area contributed by atoms with Gasteiger partial charge in [0, 0.05) is 6.54 Å². The minimum absolute atomic E-state index is 0. The van der Waals surface area contributed by atoms with Gasteiger partial charge in [-0.15, -0.1) is 0 Å². The van der Waals surface area contributed by atoms with Crippen LogP contribution < -0.4 is 11.5 Å². The maximum absolute atomic E-state index is 9.72. The van der Waals surface area contributed by atoms with Crippen LogP contribution in [0.2, 0.25) is 0 Å². The average molecular weight is 120 g/mol. The molecule has 5 N–H and O–H groups in total. The van der Waals surface area contributed by atoms with Crippen LogP contribution in [-0.2, 0) is 4.79 Å². The minimum Gasteiger partial charge on any atom is -0.481 e. The number of carboxylic acid groups (broad SMARTS) is 1. The second-order valence-corrected chi connectivity index (χ2v) is 1.25. The maximum Gasteiger partial charge on any atom is 0.304 e. The van der Waals surface area contributed by atoms with Crippen LogP contribution in [0.5, 0.6) is 0 Å². The first kappa shape index (κ1) is 10.4. The predicted octanol–water partition coefficient (Wildman–Crippen LogP) is -0.158. The van der Waals surface area contributed by atoms with Crippen LogP contribution in [0.25, 0.3) is 0 Å². The second-order valence-electron chi connectivity index (χ2n) is 1.25. The summed E-state index contributed by atoms with van der Waals surface area (Å²) in [6.45, 7) is 0.551. The summed E-state index contributed by atoms with van der Waals surface area (Å²) in [7, 11) is 1.73. The van der Waals surface area contributed by atoms with Gasteiger partial charge in [0.15, 0.2) is 0 Å². The molecule has 0 aliphatic carbocycles. The second kappa shape index (κ2) is 6.39. The molecule has 50 valence electrons. The maximum atomic E-state index is 9.72. The number of hydrogen-bond donors (Lipinski definition) is 3. The molecular weight excluding hydrogens is 108 g/mol. The fourth-order valence-corrected chi connectivity index (χ4v) is 0.232. The minimum atomic E-state index is -0.755. The van der Waals surface area contributed by atoms with E-state index in [-0.39, 0.29) is 12.6 Å². The SMILES string of the molecule is CNCCC(=O)O.N. The Morgan fingerprint density at radius 3 is 2.38 bits per heavy atom. The van der Waals surface area contributed by atoms with Crippen LogP contribution in [0, 0.1) is 0 Å². The fraction of sp³-hybridized carbons (Fsp3) is 0.750. The third kappa shape index (κ3) is 9.04. The van der Waals surface area contributed by atoms with Gasteiger partial charge in [-0.3, -0.25) is 4.79 Å². The zero-order valence-corrected chi connectivity index (χ0v) is 4.98. The van der Waals surface area contributed by atoms with Crippen molar-refractivity contribution in [1.82, 2.24) is 11.5 Å². The Morgan fingerprint density at radius 1 is 1.75 bits per heavy atom. The summed E-state index contributed by atoms with van der Waals surface area (Å²) in [6, 6.07) is 0. The summed E-state index contributed by atoms with van der Waals surface area (Å²) in [5.74, 6) is -0.755. The Morgan fingerprint density at radius 2 is 2.25 bits per heavy atom. The molecule has 0 unspecified atom stereocenters. The zero-order chi connectivity index (χ0) is 5.70. The Balaban J connectivity index is 0. The van der Waals surface area contributed by atoms with Gasteiger partial charge < -0.3 is 16.6 Å². The van der Waals surface area contributed by atoms with Crippen molar-refractivity contribution in [3.63, 3.8) is 0 Å². The zero-order valence-electron chi connectivity index (χ0n) is 4.98. The van der Waals surface area contributed by atoms with E-state index >= 15 is 0 Å². The molecule has 0 spiro atoms. The van der Waals surface area contributed by atoms with Crippen LogP contribution in [0.3, 0.4) is 0 Å². The Labute approximate surface area is 48.5 Å². The van der Waals surface area contributed by atoms with Gasteiger partial charge in [0.05, 0.1) is 6.42 Å². The van der Waals surface area contributed by atoms with Crippen LogP contribution in [0.1, 0.15) is 6.42 Å². The van der Waals surface area contributed by atoms with Crippen molar-refractivity contribution < 1.29 is 9.90 Å². The monoisotopic (exact) mass is 120 g/mol. The van der Waals surface area contributed by atoms with E-state index in [1.54, 1.807) is 7.05 Å². The van der Waals surface area contributed by atoms with Gasteiger partial charge in [0.2, 0.25) is 0 Å². The molecule has 0 radical (unpaired) electrons. The number of nitrogens with one attached hydrogen (secondary N) is 1. The van der Waals surface area contributed by atoms with Crippen molar-refractivity contribution in [2.75, 3.05) is 13.6 Å². The van der Waals surface area contributed by atoms with Crippen molar-refractivity contribution in [2.24, 2.45) is 0 Å². The van der Waals surface area contributed by atoms with E-state index < -0.39 is 5.97 Å². The van der Waals surface area contributed by atoms with Gasteiger partial charge in [-0.05, 0) is 7.05 Å². The molecule has 0 atom stereocenters. The molecule has 0 saturated heterocycles. The molecule has 0 aromatic heterocycles. The van der Waals surface area contributed by atoms with E-state index in [0.717, 1.165) is 0 Å². The standard InChI is InChI=1S/C4H9NO2.H3N/c1-5-3-2-4(6)7;/h5H,2-3H2,1H3,(H,6,7);1H3. The number of aliphatic carboxylic acids is 1. The van der Waals surface area contributed by atoms with Crippen molar-refractivity contribution in [3.8, 4) is 0 Å². The molecule has 0 saturated carbocycles. The summed E-state index contributed by atoms with van der Waals surface area (Å²) in [5.41, 5.74) is 0. The third-order valence-corrected chi connectivity index (χ3v) is 0.589. The van der Waals surface area contributed by atoms with E-state index in [0.29, 0.717) is 6.54 Å². The number of hydrogen-bond acceptors (Lipinski definition) is 3. The molecule has 0 amide bonds. The van der Waals surface area contributed by atoms with Gasteiger partial charge in [0.1, 0.15) is 0 Å². The highest BCUT2D eigenvalue weighted by atomic mass is 16.4. The molecular formula is C4H12N2O2. The smallest absolute Gasteiger partial charge is 0.304 e. The van der Waals surface area contributed by atoms with Crippen molar-refractivity contribution in [2.45, 2.75) is 6.42 Å². The molecule has 0 rings (SSSR count). The summed E-state index contributed by atoms with van der Waals surface area (Å²) >= 11 is 0. The summed E-state index contributed by atoms with van der Waals surface area (Å²) in [5, 5.41) is 10.7. The highest BCUT2D eigenvalue weighted by Crippen LogP contribution is 1.70. The molecule has 4 heteroatoms. The lowest BCUT2D eigenvalue weighted by Crippen LogP contribution is -2.11. The van der Waals surface area contributed by atoms with Gasteiger partial charge in [-0.1, -0.05) is 0 Å². The molecule has 0 aromatic rings. The largest absolute Gasteiger partial charge is 0.481 e. The fourth-order valence-electron chi connectivity index (χ4n) is 0.232. The van der Waals surface area contributed by atoms with Crippen LogP contribution in [0.4, 0.5) is 0 Å². The number of carboxylic acids is 1. The lowest BCUT2D eigenvalue weighted by molar-refractivity contribution is -0.136. The molecule has 0 fully saturated rings. The lowest BCUT2D eigenvalue weighted by atomic mass is 10.4. The summed E-state index contributed by atoms with van der Waals surface area (Å²) in [6.07, 6.45) is 0.205. The van der Waals surface area contributed by atoms with Gasteiger partial charge in [-0.2, -0.15) is 0 Å². The predicted molar refractivity (Wildman–Crippen MR) is 31.2 cm³/mol. The highest BCUT2D eigenvalue weighted by Gasteiger charge is 1.90. The molecule has 0 heterocycles. The van der Waals surface area contributed by atoms with E-state index in [9.17, 15) is 4.79 Å². The lowest BCUT2D eigenvalue weighted by Gasteiger charge is -1.88. The quantitative estimate of drug-likeness (QED) is 0.483. The first-order valence-electron chi connectivity index (χ1n) is 2.13. The van der Waals surface area contributed by atoms with E-state index in [2.05, 4.69) is 5.32 Å². The normalized spacial score (nSPS) is 7.62. The van der Waals surface area contributed by atoms with Gasteiger partial charge in [0.25, 0.3) is 0 Å². The first-order chi connectivity index (χ1) is 3.27. The Kier molecular flexibility index (Phi) is 8.30. The summed E-state index contributed by atoms with van der Waals surface area (Å²) < 4.78 is 0. The molecule has 8 heavy (non-hydrogen) atoms. The van der Waals surface area contributed by atoms with E-state index in [1.807, 2.05) is 0 Å². The van der Waals surface area contributed by atoms with Crippen molar-refractivity contribution in [3.05, 3.63) is 0 Å². The summed E-state index contributed by atoms with van der Waals surface area (Å²) in [4.78, 5) is 9.72. The average Bonchev–Trinajstić information content (AvgIpc) is 1.61. The third-order valence-electron chi connectivity index (χ3n) is 0.589. The Bertz CT molecular complexity index is 65.1. The van der Waals surface area contributed by atoms with E-state index in [1.165, 1.54) is 0 Å². The van der Waals surface area contributed by atoms with Crippen LogP contribution >= 0.6 is 0 Å². The number of rotatable bonds is 3. The van der Waals surface area contributed by atoms with Crippen LogP contribution in [0.15, 0.2) is 0 Å². The molecule has 4 nitrogen and oxygen atoms in total. The topological polar surface area (TPSA) is 84.3 Å². The molecule has 0 aromatic carbocycles. The highest BCUT2D eigenvalue weighted by molar-refractivity contribution is 5.66. The molecule has 0 bridgehead atoms. The van der Waals surface area contributed by atoms with Gasteiger partial charge >= 0.3 is 5.97 Å². The first-order valence-corrected chi connectivity index (χ1v) is 2.13. The van der Waals surface area contributed by atoms with Gasteiger partial charge in [-0.25, -0.2) is 0 Å².